The van der Waals surface area contributed by atoms with Crippen molar-refractivity contribution in [1.29, 1.82) is 5.26 Å². The lowest BCUT2D eigenvalue weighted by Crippen LogP contribution is -2.36. The van der Waals surface area contributed by atoms with E-state index in [1.54, 1.807) is 30.3 Å². The maximum Gasteiger partial charge on any atom is 0.266 e. The van der Waals surface area contributed by atoms with Gasteiger partial charge in [-0.1, -0.05) is 6.07 Å². The van der Waals surface area contributed by atoms with Crippen LogP contribution < -0.4 is 15.0 Å². The number of morpholine rings is 1. The van der Waals surface area contributed by atoms with Crippen LogP contribution >= 0.6 is 15.9 Å². The van der Waals surface area contributed by atoms with Gasteiger partial charge in [-0.3, -0.25) is 4.79 Å². The van der Waals surface area contributed by atoms with Gasteiger partial charge in [0.25, 0.3) is 5.91 Å². The molecule has 28 heavy (non-hydrogen) atoms. The number of hydrogen-bond acceptors (Lipinski definition) is 6. The van der Waals surface area contributed by atoms with Crippen molar-refractivity contribution in [3.63, 3.8) is 0 Å². The zero-order valence-electron chi connectivity index (χ0n) is 15.4. The van der Waals surface area contributed by atoms with Gasteiger partial charge in [-0.15, -0.1) is 0 Å². The Balaban J connectivity index is 1.75. The number of amides is 1. The maximum absolute atomic E-state index is 12.5. The third-order valence-corrected chi connectivity index (χ3v) is 4.61. The molecule has 1 N–H and O–H groups in total. The van der Waals surface area contributed by atoms with Crippen molar-refractivity contribution in [2.24, 2.45) is 0 Å². The number of nitriles is 1. The number of carbonyl (C=O) groups is 1. The highest BCUT2D eigenvalue weighted by atomic mass is 79.9. The SMILES string of the molecule is CCOc1cccc(NC(=O)/C(C#N)=C\c2cc(Br)c(N3CCOCC3)o2)c1. The summed E-state index contributed by atoms with van der Waals surface area (Å²) in [6, 6.07) is 10.7. The van der Waals surface area contributed by atoms with Gasteiger partial charge in [0.05, 0.1) is 24.3 Å². The number of ether oxygens (including phenoxy) is 2. The fraction of sp³-hybridized carbons (Fsp3) is 0.300. The third-order valence-electron chi connectivity index (χ3n) is 4.04. The molecule has 0 radical (unpaired) electrons. The van der Waals surface area contributed by atoms with Crippen molar-refractivity contribution in [2.45, 2.75) is 6.92 Å². The van der Waals surface area contributed by atoms with Crippen LogP contribution in [0, 0.1) is 11.3 Å². The molecule has 1 aromatic heterocycles. The number of benzene rings is 1. The van der Waals surface area contributed by atoms with E-state index in [-0.39, 0.29) is 5.57 Å². The van der Waals surface area contributed by atoms with E-state index in [1.165, 1.54) is 6.08 Å². The van der Waals surface area contributed by atoms with Crippen LogP contribution in [0.5, 0.6) is 5.75 Å². The van der Waals surface area contributed by atoms with Gasteiger partial charge < -0.3 is 24.1 Å². The first kappa shape index (κ1) is 20.0. The second-order valence-corrected chi connectivity index (χ2v) is 6.84. The van der Waals surface area contributed by atoms with Crippen LogP contribution in [-0.2, 0) is 9.53 Å². The number of rotatable bonds is 6. The van der Waals surface area contributed by atoms with Gasteiger partial charge in [0, 0.05) is 37.0 Å². The zero-order chi connectivity index (χ0) is 19.9. The second-order valence-electron chi connectivity index (χ2n) is 5.99. The molecule has 1 saturated heterocycles. The molecule has 0 bridgehead atoms. The molecular weight excluding hydrogens is 426 g/mol. The molecule has 7 nitrogen and oxygen atoms in total. The lowest BCUT2D eigenvalue weighted by atomic mass is 10.2. The highest BCUT2D eigenvalue weighted by Crippen LogP contribution is 2.32. The zero-order valence-corrected chi connectivity index (χ0v) is 17.0. The minimum absolute atomic E-state index is 0.0587. The Morgan fingerprint density at radius 2 is 2.18 bits per heavy atom. The summed E-state index contributed by atoms with van der Waals surface area (Å²) in [4.78, 5) is 14.5. The van der Waals surface area contributed by atoms with E-state index < -0.39 is 5.91 Å². The largest absolute Gasteiger partial charge is 0.494 e. The molecule has 0 spiro atoms. The third kappa shape index (κ3) is 4.94. The standard InChI is InChI=1S/C20H20BrN3O4/c1-2-27-16-5-3-4-15(11-16)23-19(25)14(13-22)10-17-12-18(21)20(28-17)24-6-8-26-9-7-24/h3-5,10-12H,2,6-9H2,1H3,(H,23,25)/b14-10-. The van der Waals surface area contributed by atoms with Crippen LogP contribution in [0.4, 0.5) is 11.6 Å². The van der Waals surface area contributed by atoms with E-state index in [0.717, 1.165) is 17.6 Å². The number of furan rings is 1. The highest BCUT2D eigenvalue weighted by Gasteiger charge is 2.19. The Hall–Kier alpha value is -2.76. The molecule has 1 aliphatic rings. The van der Waals surface area contributed by atoms with Crippen LogP contribution in [0.25, 0.3) is 6.08 Å². The van der Waals surface area contributed by atoms with Gasteiger partial charge in [0.2, 0.25) is 5.88 Å². The average Bonchev–Trinajstić information content (AvgIpc) is 3.07. The van der Waals surface area contributed by atoms with Crippen LogP contribution in [0.1, 0.15) is 12.7 Å². The minimum Gasteiger partial charge on any atom is -0.494 e. The van der Waals surface area contributed by atoms with Crippen molar-refractivity contribution >= 4 is 39.5 Å². The van der Waals surface area contributed by atoms with E-state index in [4.69, 9.17) is 13.9 Å². The fourth-order valence-corrected chi connectivity index (χ4v) is 3.31. The van der Waals surface area contributed by atoms with Crippen molar-refractivity contribution < 1.29 is 18.7 Å². The number of hydrogen-bond donors (Lipinski definition) is 1. The summed E-state index contributed by atoms with van der Waals surface area (Å²) in [6.07, 6.45) is 1.43. The van der Waals surface area contributed by atoms with Crippen LogP contribution in [-0.4, -0.2) is 38.8 Å². The summed E-state index contributed by atoms with van der Waals surface area (Å²) in [5, 5.41) is 12.1. The molecule has 0 saturated carbocycles. The lowest BCUT2D eigenvalue weighted by Gasteiger charge is -2.26. The molecule has 3 rings (SSSR count). The first-order valence-corrected chi connectivity index (χ1v) is 9.68. The van der Waals surface area contributed by atoms with Gasteiger partial charge in [0.1, 0.15) is 23.2 Å². The monoisotopic (exact) mass is 445 g/mol. The summed E-state index contributed by atoms with van der Waals surface area (Å²) < 4.78 is 17.4. The predicted molar refractivity (Wildman–Crippen MR) is 109 cm³/mol. The van der Waals surface area contributed by atoms with Gasteiger partial charge in [0.15, 0.2) is 0 Å². The van der Waals surface area contributed by atoms with Crippen LogP contribution in [0.15, 0.2) is 44.8 Å². The molecule has 8 heteroatoms. The summed E-state index contributed by atoms with van der Waals surface area (Å²) in [7, 11) is 0. The number of carbonyl (C=O) groups excluding carboxylic acids is 1. The van der Waals surface area contributed by atoms with Crippen molar-refractivity contribution in [3.05, 3.63) is 46.1 Å². The van der Waals surface area contributed by atoms with E-state index >= 15 is 0 Å². The van der Waals surface area contributed by atoms with Gasteiger partial charge >= 0.3 is 0 Å². The Labute approximate surface area is 171 Å². The maximum atomic E-state index is 12.5. The Kier molecular flexibility index (Phi) is 6.74. The molecule has 1 aromatic carbocycles. The quantitative estimate of drug-likeness (QED) is 0.536. The van der Waals surface area contributed by atoms with Gasteiger partial charge in [-0.05, 0) is 35.0 Å². The lowest BCUT2D eigenvalue weighted by molar-refractivity contribution is -0.112. The summed E-state index contributed by atoms with van der Waals surface area (Å²) >= 11 is 3.48. The Bertz CT molecular complexity index is 910. The molecule has 0 aliphatic carbocycles. The molecule has 0 atom stereocenters. The molecular formula is C20H20BrN3O4. The number of anilines is 2. The van der Waals surface area contributed by atoms with E-state index in [2.05, 4.69) is 26.1 Å². The van der Waals surface area contributed by atoms with Crippen molar-refractivity contribution in [3.8, 4) is 11.8 Å². The highest BCUT2D eigenvalue weighted by molar-refractivity contribution is 9.10. The predicted octanol–water partition coefficient (Wildman–Crippen LogP) is 3.82. The summed E-state index contributed by atoms with van der Waals surface area (Å²) in [6.45, 7) is 5.11. The smallest absolute Gasteiger partial charge is 0.266 e. The topological polar surface area (TPSA) is 87.7 Å². The molecule has 2 aromatic rings. The molecule has 1 aliphatic heterocycles. The Morgan fingerprint density at radius 1 is 1.39 bits per heavy atom. The molecule has 1 amide bonds. The van der Waals surface area contributed by atoms with E-state index in [0.29, 0.717) is 42.9 Å². The molecule has 2 heterocycles. The van der Waals surface area contributed by atoms with E-state index in [1.807, 2.05) is 13.0 Å². The van der Waals surface area contributed by atoms with Gasteiger partial charge in [-0.25, -0.2) is 0 Å². The van der Waals surface area contributed by atoms with E-state index in [9.17, 15) is 10.1 Å². The molecule has 146 valence electrons. The van der Waals surface area contributed by atoms with Crippen molar-refractivity contribution in [1.82, 2.24) is 0 Å². The fourth-order valence-electron chi connectivity index (χ4n) is 2.75. The molecule has 0 unspecified atom stereocenters. The van der Waals surface area contributed by atoms with Crippen LogP contribution in [0.2, 0.25) is 0 Å². The number of nitrogens with zero attached hydrogens (tertiary/aromatic N) is 2. The first-order chi connectivity index (χ1) is 13.6. The van der Waals surface area contributed by atoms with Crippen molar-refractivity contribution in [2.75, 3.05) is 43.1 Å². The normalized spacial score (nSPS) is 14.5. The number of nitrogens with one attached hydrogen (secondary N) is 1. The minimum atomic E-state index is -0.517. The van der Waals surface area contributed by atoms with Crippen LogP contribution in [0.3, 0.4) is 0 Å². The summed E-state index contributed by atoms with van der Waals surface area (Å²) in [5.41, 5.74) is 0.489. The first-order valence-electron chi connectivity index (χ1n) is 8.88. The average molecular weight is 446 g/mol. The molecule has 1 fully saturated rings. The second kappa shape index (κ2) is 9.44. The van der Waals surface area contributed by atoms with Gasteiger partial charge in [-0.2, -0.15) is 5.26 Å². The Morgan fingerprint density at radius 3 is 2.89 bits per heavy atom. The summed E-state index contributed by atoms with van der Waals surface area (Å²) in [5.74, 6) is 1.21. The number of halogens is 1.